The molecule has 1 nitrogen and oxygen atoms in total. The summed E-state index contributed by atoms with van der Waals surface area (Å²) in [6.07, 6.45) is 12.5. The summed E-state index contributed by atoms with van der Waals surface area (Å²) < 4.78 is 0. The van der Waals surface area contributed by atoms with E-state index in [9.17, 15) is 0 Å². The number of benzene rings is 5. The molecule has 45 heavy (non-hydrogen) atoms. The van der Waals surface area contributed by atoms with E-state index in [1.807, 2.05) is 0 Å². The van der Waals surface area contributed by atoms with Crippen molar-refractivity contribution >= 4 is 16.8 Å². The average Bonchev–Trinajstić information content (AvgIpc) is 3.09. The second kappa shape index (κ2) is 13.7. The zero-order chi connectivity index (χ0) is 31.2. The first-order valence-corrected chi connectivity index (χ1v) is 15.9. The molecule has 1 aliphatic rings. The molecular weight excluding hydrogens is 542 g/mol. The third-order valence-electron chi connectivity index (χ3n) is 8.85. The van der Waals surface area contributed by atoms with E-state index in [2.05, 4.69) is 190 Å². The molecular formula is C44H41N. The summed E-state index contributed by atoms with van der Waals surface area (Å²) in [6, 6.07) is 45.9. The third kappa shape index (κ3) is 6.84. The number of hydrogen-bond donors (Lipinski definition) is 0. The second-order valence-corrected chi connectivity index (χ2v) is 12.0. The van der Waals surface area contributed by atoms with Gasteiger partial charge in [0.1, 0.15) is 0 Å². The SMILES string of the molecule is C/C(=C\C=C(/C)N(c1ccc(-c2ccccc2)cc1)C1C=CC(c2ccc(C)c(-c3ccccc3C)c2)=CC1)c1ccccc1. The molecule has 0 N–H and O–H groups in total. The fraction of sp³-hybridized carbons (Fsp3) is 0.136. The van der Waals surface area contributed by atoms with E-state index in [1.54, 1.807) is 0 Å². The number of hydrogen-bond acceptors (Lipinski definition) is 1. The van der Waals surface area contributed by atoms with Crippen LogP contribution in [0.4, 0.5) is 5.69 Å². The highest BCUT2D eigenvalue weighted by Crippen LogP contribution is 2.34. The Balaban J connectivity index is 1.31. The Bertz CT molecular complexity index is 1890. The van der Waals surface area contributed by atoms with E-state index in [0.717, 1.165) is 6.42 Å². The number of allylic oxidation sites excluding steroid dienone is 6. The van der Waals surface area contributed by atoms with E-state index in [4.69, 9.17) is 0 Å². The minimum Gasteiger partial charge on any atom is -0.338 e. The van der Waals surface area contributed by atoms with E-state index < -0.39 is 0 Å². The molecule has 6 rings (SSSR count). The first kappa shape index (κ1) is 29.9. The Kier molecular flexibility index (Phi) is 9.08. The van der Waals surface area contributed by atoms with Crippen molar-refractivity contribution in [3.8, 4) is 22.3 Å². The Labute approximate surface area is 269 Å². The van der Waals surface area contributed by atoms with Gasteiger partial charge in [0.2, 0.25) is 0 Å². The summed E-state index contributed by atoms with van der Waals surface area (Å²) in [5.74, 6) is 0. The summed E-state index contributed by atoms with van der Waals surface area (Å²) in [7, 11) is 0. The minimum atomic E-state index is 0.208. The summed E-state index contributed by atoms with van der Waals surface area (Å²) in [5, 5.41) is 0. The topological polar surface area (TPSA) is 3.24 Å². The molecule has 1 aliphatic carbocycles. The molecule has 0 spiro atoms. The van der Waals surface area contributed by atoms with Crippen LogP contribution in [0.25, 0.3) is 33.4 Å². The van der Waals surface area contributed by atoms with Crippen molar-refractivity contribution in [2.75, 3.05) is 4.90 Å². The maximum absolute atomic E-state index is 2.47. The van der Waals surface area contributed by atoms with Crippen LogP contribution in [0.3, 0.4) is 0 Å². The Morgan fingerprint density at radius 3 is 1.93 bits per heavy atom. The van der Waals surface area contributed by atoms with Gasteiger partial charge in [0.25, 0.3) is 0 Å². The molecule has 0 aliphatic heterocycles. The predicted octanol–water partition coefficient (Wildman–Crippen LogP) is 11.9. The van der Waals surface area contributed by atoms with Crippen LogP contribution >= 0.6 is 0 Å². The lowest BCUT2D eigenvalue weighted by atomic mass is 9.90. The zero-order valence-electron chi connectivity index (χ0n) is 26.7. The molecule has 222 valence electrons. The lowest BCUT2D eigenvalue weighted by Crippen LogP contribution is -2.33. The second-order valence-electron chi connectivity index (χ2n) is 12.0. The Morgan fingerprint density at radius 2 is 1.24 bits per heavy atom. The van der Waals surface area contributed by atoms with Crippen LogP contribution in [0.15, 0.2) is 163 Å². The van der Waals surface area contributed by atoms with Crippen molar-refractivity contribution in [3.05, 3.63) is 186 Å². The van der Waals surface area contributed by atoms with Crippen LogP contribution in [0.1, 0.15) is 42.5 Å². The van der Waals surface area contributed by atoms with Crippen molar-refractivity contribution in [3.63, 3.8) is 0 Å². The fourth-order valence-corrected chi connectivity index (χ4v) is 6.21. The monoisotopic (exact) mass is 583 g/mol. The van der Waals surface area contributed by atoms with E-state index >= 15 is 0 Å². The summed E-state index contributed by atoms with van der Waals surface area (Å²) in [5.41, 5.74) is 15.1. The van der Waals surface area contributed by atoms with Crippen molar-refractivity contribution in [2.24, 2.45) is 0 Å². The molecule has 0 saturated heterocycles. The smallest absolute Gasteiger partial charge is 0.0557 e. The molecule has 0 fully saturated rings. The largest absolute Gasteiger partial charge is 0.338 e. The third-order valence-corrected chi connectivity index (χ3v) is 8.85. The molecule has 1 atom stereocenters. The van der Waals surface area contributed by atoms with Gasteiger partial charge in [0, 0.05) is 11.4 Å². The normalized spacial score (nSPS) is 15.1. The van der Waals surface area contributed by atoms with Crippen LogP contribution in [0.2, 0.25) is 0 Å². The van der Waals surface area contributed by atoms with Gasteiger partial charge in [0.05, 0.1) is 6.04 Å². The van der Waals surface area contributed by atoms with Crippen LogP contribution in [0, 0.1) is 13.8 Å². The van der Waals surface area contributed by atoms with Crippen LogP contribution in [0.5, 0.6) is 0 Å². The minimum absolute atomic E-state index is 0.208. The molecule has 1 heteroatoms. The van der Waals surface area contributed by atoms with Crippen LogP contribution in [-0.4, -0.2) is 6.04 Å². The van der Waals surface area contributed by atoms with Gasteiger partial charge in [-0.1, -0.05) is 133 Å². The molecule has 5 aromatic carbocycles. The number of aryl methyl sites for hydroxylation is 2. The first-order chi connectivity index (χ1) is 22.0. The van der Waals surface area contributed by atoms with Gasteiger partial charge in [-0.15, -0.1) is 0 Å². The molecule has 0 bridgehead atoms. The van der Waals surface area contributed by atoms with E-state index in [-0.39, 0.29) is 6.04 Å². The predicted molar refractivity (Wildman–Crippen MR) is 195 cm³/mol. The van der Waals surface area contributed by atoms with Gasteiger partial charge in [0.15, 0.2) is 0 Å². The summed E-state index contributed by atoms with van der Waals surface area (Å²) in [4.78, 5) is 2.47. The number of anilines is 1. The van der Waals surface area contributed by atoms with E-state index in [1.165, 1.54) is 67.0 Å². The molecule has 0 radical (unpaired) electrons. The van der Waals surface area contributed by atoms with Crippen LogP contribution < -0.4 is 4.90 Å². The molecule has 0 saturated carbocycles. The molecule has 0 aromatic heterocycles. The highest BCUT2D eigenvalue weighted by molar-refractivity contribution is 5.81. The van der Waals surface area contributed by atoms with Gasteiger partial charge >= 0.3 is 0 Å². The van der Waals surface area contributed by atoms with Crippen molar-refractivity contribution < 1.29 is 0 Å². The first-order valence-electron chi connectivity index (χ1n) is 15.9. The van der Waals surface area contributed by atoms with Gasteiger partial charge in [-0.2, -0.15) is 0 Å². The fourth-order valence-electron chi connectivity index (χ4n) is 6.21. The standard InChI is InChI=1S/C44H41N/c1-32(36-14-7-5-8-15-36)19-21-35(4)45(41-27-23-38(24-28-41)37-16-9-6-10-17-37)42-29-25-39(26-30-42)40-22-20-34(3)44(31-40)43-18-12-11-13-33(43)2/h5-29,31,42H,30H2,1-4H3/b32-19+,35-21+. The zero-order valence-corrected chi connectivity index (χ0v) is 26.7. The van der Waals surface area contributed by atoms with Gasteiger partial charge in [-0.3, -0.25) is 0 Å². The Hall–Kier alpha value is -5.14. The molecule has 1 unspecified atom stereocenters. The van der Waals surface area contributed by atoms with Gasteiger partial charge in [-0.25, -0.2) is 0 Å². The lowest BCUT2D eigenvalue weighted by molar-refractivity contribution is 0.754. The lowest BCUT2D eigenvalue weighted by Gasteiger charge is -2.34. The molecule has 0 heterocycles. The highest BCUT2D eigenvalue weighted by Gasteiger charge is 2.21. The van der Waals surface area contributed by atoms with Crippen molar-refractivity contribution in [1.29, 1.82) is 0 Å². The van der Waals surface area contributed by atoms with Crippen LogP contribution in [-0.2, 0) is 0 Å². The average molecular weight is 584 g/mol. The van der Waals surface area contributed by atoms with Gasteiger partial charge < -0.3 is 4.90 Å². The highest BCUT2D eigenvalue weighted by atomic mass is 15.2. The quantitative estimate of drug-likeness (QED) is 0.164. The van der Waals surface area contributed by atoms with Crippen molar-refractivity contribution in [2.45, 2.75) is 40.2 Å². The number of rotatable bonds is 8. The Morgan fingerprint density at radius 1 is 0.622 bits per heavy atom. The van der Waals surface area contributed by atoms with Gasteiger partial charge in [-0.05, 0) is 114 Å². The number of nitrogens with zero attached hydrogens (tertiary/aromatic N) is 1. The maximum atomic E-state index is 2.47. The molecule has 0 amide bonds. The summed E-state index contributed by atoms with van der Waals surface area (Å²) in [6.45, 7) is 8.80. The maximum Gasteiger partial charge on any atom is 0.0557 e. The van der Waals surface area contributed by atoms with Crippen molar-refractivity contribution in [1.82, 2.24) is 0 Å². The van der Waals surface area contributed by atoms with E-state index in [0.29, 0.717) is 0 Å². The molecule has 5 aromatic rings. The summed E-state index contributed by atoms with van der Waals surface area (Å²) >= 11 is 0.